The van der Waals surface area contributed by atoms with Crippen LogP contribution in [0, 0.1) is 17.0 Å². The molecule has 47 heavy (non-hydrogen) atoms. The summed E-state index contributed by atoms with van der Waals surface area (Å²) >= 11 is 0. The van der Waals surface area contributed by atoms with Crippen molar-refractivity contribution in [3.8, 4) is 5.75 Å². The molecular formula is C32H39ClF3N3O8. The molecule has 1 aliphatic heterocycles. The van der Waals surface area contributed by atoms with E-state index in [1.807, 2.05) is 31.2 Å². The van der Waals surface area contributed by atoms with Gasteiger partial charge in [0.05, 0.1) is 35.7 Å². The lowest BCUT2D eigenvalue weighted by Crippen LogP contribution is -2.38. The number of methoxy groups -OCH3 is 1. The number of benzene rings is 2. The maximum Gasteiger partial charge on any atom is 0.431 e. The topological polar surface area (TPSA) is 149 Å². The number of carbonyl (C=O) groups excluding carboxylic acids is 2. The van der Waals surface area contributed by atoms with Crippen LogP contribution in [0.2, 0.25) is 0 Å². The summed E-state index contributed by atoms with van der Waals surface area (Å²) in [4.78, 5) is 36.6. The average Bonchev–Trinajstić information content (AvgIpc) is 3.02. The van der Waals surface area contributed by atoms with E-state index in [2.05, 4.69) is 15.4 Å². The van der Waals surface area contributed by atoms with Gasteiger partial charge in [-0.3, -0.25) is 10.1 Å². The molecule has 258 valence electrons. The molecule has 2 unspecified atom stereocenters. The van der Waals surface area contributed by atoms with Gasteiger partial charge in [0, 0.05) is 24.4 Å². The highest BCUT2D eigenvalue weighted by atomic mass is 35.5. The predicted molar refractivity (Wildman–Crippen MR) is 169 cm³/mol. The second-order valence-electron chi connectivity index (χ2n) is 10.7. The van der Waals surface area contributed by atoms with Gasteiger partial charge in [0.2, 0.25) is 0 Å². The molecule has 0 saturated carbocycles. The molecule has 1 aliphatic rings. The molecular weight excluding hydrogens is 647 g/mol. The molecule has 0 fully saturated rings. The molecule has 15 heteroatoms. The van der Waals surface area contributed by atoms with Gasteiger partial charge in [-0.1, -0.05) is 43.2 Å². The number of carbonyl (C=O) groups is 2. The standard InChI is InChI=1S/C32H38F3N3O8.ClH/c1-20-11-6-7-14-25(20)46-19-24(39)18-36-15-8-4-5-9-16-45-31(41)26-21(2)37-29(32(33,34)35)28(30(40)44-3)27(26)22-12-10-13-23(17-22)38(42)43;/h6-7,10-14,17,24,27,36-37,39H,4-5,8-9,15-16,18-19H2,1-3H3;1H. The van der Waals surface area contributed by atoms with Crippen molar-refractivity contribution < 1.29 is 47.0 Å². The number of hydrogen-bond acceptors (Lipinski definition) is 10. The van der Waals surface area contributed by atoms with Crippen LogP contribution in [-0.4, -0.2) is 67.7 Å². The van der Waals surface area contributed by atoms with Gasteiger partial charge in [0.1, 0.15) is 24.2 Å². The lowest BCUT2D eigenvalue weighted by Gasteiger charge is -2.31. The number of aliphatic hydroxyl groups excluding tert-OH is 1. The number of halogens is 4. The number of ether oxygens (including phenoxy) is 3. The lowest BCUT2D eigenvalue weighted by molar-refractivity contribution is -0.384. The summed E-state index contributed by atoms with van der Waals surface area (Å²) in [6.45, 7) is 4.28. The minimum atomic E-state index is -5.03. The first kappa shape index (κ1) is 39.0. The molecule has 11 nitrogen and oxygen atoms in total. The van der Waals surface area contributed by atoms with Gasteiger partial charge in [0.25, 0.3) is 5.69 Å². The Balaban J connectivity index is 0.00000768. The molecule has 0 radical (unpaired) electrons. The van der Waals surface area contributed by atoms with E-state index in [1.165, 1.54) is 19.1 Å². The van der Waals surface area contributed by atoms with Crippen molar-refractivity contribution in [2.24, 2.45) is 0 Å². The normalized spacial score (nSPS) is 15.3. The smallest absolute Gasteiger partial charge is 0.431 e. The zero-order valence-corrected chi connectivity index (χ0v) is 27.0. The number of aryl methyl sites for hydroxylation is 1. The number of nitro benzene ring substituents is 1. The fraction of sp³-hybridized carbons (Fsp3) is 0.438. The van der Waals surface area contributed by atoms with Crippen molar-refractivity contribution in [2.45, 2.75) is 57.7 Å². The Morgan fingerprint density at radius 3 is 2.40 bits per heavy atom. The highest BCUT2D eigenvalue weighted by molar-refractivity contribution is 6.00. The number of allylic oxidation sites excluding steroid dienone is 2. The number of non-ortho nitro benzene ring substituents is 1. The van der Waals surface area contributed by atoms with Crippen LogP contribution in [0.3, 0.4) is 0 Å². The molecule has 3 N–H and O–H groups in total. The number of nitrogens with one attached hydrogen (secondary N) is 2. The van der Waals surface area contributed by atoms with Gasteiger partial charge < -0.3 is 30.0 Å². The Morgan fingerprint density at radius 1 is 1.04 bits per heavy atom. The Kier molecular flexibility index (Phi) is 15.2. The van der Waals surface area contributed by atoms with E-state index in [1.54, 1.807) is 0 Å². The van der Waals surface area contributed by atoms with Crippen molar-refractivity contribution >= 4 is 30.0 Å². The second kappa shape index (κ2) is 18.3. The number of hydrogen-bond donors (Lipinski definition) is 3. The fourth-order valence-electron chi connectivity index (χ4n) is 4.98. The molecule has 2 atom stereocenters. The summed E-state index contributed by atoms with van der Waals surface area (Å²) in [6.07, 6.45) is -2.99. The van der Waals surface area contributed by atoms with Crippen molar-refractivity contribution in [1.29, 1.82) is 0 Å². The number of esters is 2. The van der Waals surface area contributed by atoms with Crippen molar-refractivity contribution in [1.82, 2.24) is 10.6 Å². The third kappa shape index (κ3) is 11.0. The van der Waals surface area contributed by atoms with Crippen LogP contribution in [0.4, 0.5) is 18.9 Å². The first-order valence-corrected chi connectivity index (χ1v) is 14.7. The molecule has 0 aromatic heterocycles. The third-order valence-electron chi connectivity index (χ3n) is 7.27. The number of aliphatic hydroxyl groups is 1. The maximum absolute atomic E-state index is 14.0. The third-order valence-corrected chi connectivity index (χ3v) is 7.27. The van der Waals surface area contributed by atoms with Gasteiger partial charge in [-0.05, 0) is 50.4 Å². The largest absolute Gasteiger partial charge is 0.491 e. The van der Waals surface area contributed by atoms with Crippen LogP contribution in [0.1, 0.15) is 49.7 Å². The number of nitrogens with zero attached hydrogens (tertiary/aromatic N) is 1. The number of nitro groups is 1. The number of alkyl halides is 3. The van der Waals surface area contributed by atoms with E-state index in [4.69, 9.17) is 9.47 Å². The summed E-state index contributed by atoms with van der Waals surface area (Å²) < 4.78 is 57.8. The van der Waals surface area contributed by atoms with E-state index in [-0.39, 0.29) is 42.5 Å². The Labute approximate surface area is 276 Å². The lowest BCUT2D eigenvalue weighted by atomic mass is 9.80. The highest BCUT2D eigenvalue weighted by Gasteiger charge is 2.47. The van der Waals surface area contributed by atoms with Crippen LogP contribution in [-0.2, 0) is 19.1 Å². The average molecular weight is 686 g/mol. The molecule has 2 aromatic carbocycles. The quantitative estimate of drug-likeness (QED) is 0.0907. The van der Waals surface area contributed by atoms with E-state index in [0.29, 0.717) is 25.9 Å². The van der Waals surface area contributed by atoms with Crippen LogP contribution in [0.15, 0.2) is 71.1 Å². The van der Waals surface area contributed by atoms with E-state index < -0.39 is 52.0 Å². The van der Waals surface area contributed by atoms with Gasteiger partial charge in [-0.25, -0.2) is 9.59 Å². The molecule has 3 rings (SSSR count). The Bertz CT molecular complexity index is 1470. The van der Waals surface area contributed by atoms with Gasteiger partial charge in [-0.15, -0.1) is 12.4 Å². The summed E-state index contributed by atoms with van der Waals surface area (Å²) in [7, 11) is 0.899. The number of dihydropyridines is 1. The minimum absolute atomic E-state index is 0. The van der Waals surface area contributed by atoms with Crippen LogP contribution in [0.5, 0.6) is 5.75 Å². The van der Waals surface area contributed by atoms with E-state index in [9.17, 15) is 38.0 Å². The first-order chi connectivity index (χ1) is 21.8. The molecule has 0 amide bonds. The molecule has 2 aromatic rings. The van der Waals surface area contributed by atoms with Crippen molar-refractivity contribution in [3.05, 3.63) is 92.3 Å². The highest BCUT2D eigenvalue weighted by Crippen LogP contribution is 2.44. The van der Waals surface area contributed by atoms with Gasteiger partial charge in [0.15, 0.2) is 0 Å². The zero-order chi connectivity index (χ0) is 33.9. The number of rotatable bonds is 16. The van der Waals surface area contributed by atoms with Crippen LogP contribution < -0.4 is 15.4 Å². The minimum Gasteiger partial charge on any atom is -0.491 e. The zero-order valence-electron chi connectivity index (χ0n) is 26.2. The molecule has 1 heterocycles. The predicted octanol–water partition coefficient (Wildman–Crippen LogP) is 5.41. The van der Waals surface area contributed by atoms with Gasteiger partial charge in [-0.2, -0.15) is 13.2 Å². The molecule has 0 saturated heterocycles. The SMILES string of the molecule is COC(=O)C1=C(C(F)(F)F)NC(C)=C(C(=O)OCCCCCCNCC(O)COc2ccccc2C)C1c1cccc([N+](=O)[O-])c1.Cl. The molecule has 0 aliphatic carbocycles. The summed E-state index contributed by atoms with van der Waals surface area (Å²) in [5.74, 6) is -3.23. The fourth-order valence-corrected chi connectivity index (χ4v) is 4.98. The summed E-state index contributed by atoms with van der Waals surface area (Å²) in [6, 6.07) is 12.2. The summed E-state index contributed by atoms with van der Waals surface area (Å²) in [5, 5.41) is 26.8. The molecule has 0 spiro atoms. The Hall–Kier alpha value is -4.14. The van der Waals surface area contributed by atoms with E-state index in [0.717, 1.165) is 43.4 Å². The van der Waals surface area contributed by atoms with Crippen molar-refractivity contribution in [2.75, 3.05) is 33.4 Å². The maximum atomic E-state index is 14.0. The Morgan fingerprint density at radius 2 is 1.74 bits per heavy atom. The van der Waals surface area contributed by atoms with E-state index >= 15 is 0 Å². The summed E-state index contributed by atoms with van der Waals surface area (Å²) in [5.41, 5.74) is -2.36. The monoisotopic (exact) mass is 685 g/mol. The second-order valence-corrected chi connectivity index (χ2v) is 10.7. The number of unbranched alkanes of at least 4 members (excludes halogenated alkanes) is 3. The van der Waals surface area contributed by atoms with Crippen molar-refractivity contribution in [3.63, 3.8) is 0 Å². The first-order valence-electron chi connectivity index (χ1n) is 14.7. The van der Waals surface area contributed by atoms with Crippen LogP contribution >= 0.6 is 12.4 Å². The van der Waals surface area contributed by atoms with Crippen LogP contribution in [0.25, 0.3) is 0 Å². The van der Waals surface area contributed by atoms with Gasteiger partial charge >= 0.3 is 18.1 Å². The molecule has 0 bridgehead atoms. The number of para-hydroxylation sites is 1.